The van der Waals surface area contributed by atoms with Gasteiger partial charge >= 0.3 is 0 Å². The van der Waals surface area contributed by atoms with E-state index < -0.39 is 0 Å². The van der Waals surface area contributed by atoms with Crippen LogP contribution in [0, 0.1) is 0 Å². The summed E-state index contributed by atoms with van der Waals surface area (Å²) in [6.07, 6.45) is 0.597. The Labute approximate surface area is 69.2 Å². The normalized spacial score (nSPS) is 10.4. The van der Waals surface area contributed by atoms with E-state index in [0.29, 0.717) is 23.8 Å². The minimum absolute atomic E-state index is 0.234. The van der Waals surface area contributed by atoms with Gasteiger partial charge in [0, 0.05) is 13.5 Å². The van der Waals surface area contributed by atoms with E-state index in [4.69, 9.17) is 26.6 Å². The van der Waals surface area contributed by atoms with Crippen LogP contribution in [0.3, 0.4) is 0 Å². The third-order valence-electron chi connectivity index (χ3n) is 1.26. The molecule has 0 aliphatic carbocycles. The van der Waals surface area contributed by atoms with E-state index in [2.05, 4.69) is 5.16 Å². The monoisotopic (exact) mass is 176 g/mol. The first-order chi connectivity index (χ1) is 5.25. The van der Waals surface area contributed by atoms with E-state index in [1.54, 1.807) is 7.11 Å². The van der Waals surface area contributed by atoms with Crippen LogP contribution in [0.2, 0.25) is 5.02 Å². The molecular weight excluding hydrogens is 168 g/mol. The van der Waals surface area contributed by atoms with Crippen LogP contribution in [0.4, 0.5) is 5.82 Å². The molecule has 1 aromatic rings. The van der Waals surface area contributed by atoms with Crippen LogP contribution >= 0.6 is 11.6 Å². The summed E-state index contributed by atoms with van der Waals surface area (Å²) in [5.74, 6) is 0.809. The molecule has 0 saturated carbocycles. The molecule has 5 heteroatoms. The Hall–Kier alpha value is -0.740. The molecule has 0 aliphatic heterocycles. The first-order valence-corrected chi connectivity index (χ1v) is 3.52. The van der Waals surface area contributed by atoms with Crippen molar-refractivity contribution in [2.45, 2.75) is 6.42 Å². The molecule has 0 aromatic carbocycles. The van der Waals surface area contributed by atoms with Gasteiger partial charge in [0.15, 0.2) is 11.6 Å². The molecule has 0 aliphatic rings. The number of halogens is 1. The number of ether oxygens (including phenoxy) is 1. The van der Waals surface area contributed by atoms with Crippen molar-refractivity contribution in [1.29, 1.82) is 0 Å². The smallest absolute Gasteiger partial charge is 0.185 e. The predicted octanol–water partition coefficient (Wildman–Crippen LogP) is 1.10. The van der Waals surface area contributed by atoms with Crippen molar-refractivity contribution in [3.8, 4) is 0 Å². The van der Waals surface area contributed by atoms with Crippen molar-refractivity contribution in [3.63, 3.8) is 0 Å². The van der Waals surface area contributed by atoms with Gasteiger partial charge in [0.2, 0.25) is 0 Å². The van der Waals surface area contributed by atoms with Gasteiger partial charge in [0.1, 0.15) is 5.02 Å². The predicted molar refractivity (Wildman–Crippen MR) is 41.5 cm³/mol. The number of nitrogens with zero attached hydrogens (tertiary/aromatic N) is 1. The second-order valence-corrected chi connectivity index (χ2v) is 2.43. The average molecular weight is 177 g/mol. The summed E-state index contributed by atoms with van der Waals surface area (Å²) < 4.78 is 9.63. The Bertz CT molecular complexity index is 236. The van der Waals surface area contributed by atoms with Gasteiger partial charge in [-0.05, 0) is 0 Å². The number of hydrogen-bond donors (Lipinski definition) is 1. The molecule has 1 heterocycles. The second kappa shape index (κ2) is 3.59. The highest BCUT2D eigenvalue weighted by atomic mass is 35.5. The van der Waals surface area contributed by atoms with Crippen LogP contribution in [0.5, 0.6) is 0 Å². The van der Waals surface area contributed by atoms with Crippen molar-refractivity contribution in [2.24, 2.45) is 0 Å². The lowest BCUT2D eigenvalue weighted by Crippen LogP contribution is -1.93. The maximum Gasteiger partial charge on any atom is 0.185 e. The highest BCUT2D eigenvalue weighted by Crippen LogP contribution is 2.22. The number of methoxy groups -OCH3 is 1. The van der Waals surface area contributed by atoms with E-state index in [-0.39, 0.29) is 5.82 Å². The second-order valence-electron chi connectivity index (χ2n) is 2.05. The molecule has 0 amide bonds. The molecule has 0 saturated heterocycles. The minimum atomic E-state index is 0.234. The van der Waals surface area contributed by atoms with Crippen molar-refractivity contribution < 1.29 is 9.26 Å². The number of anilines is 1. The third-order valence-corrected chi connectivity index (χ3v) is 1.66. The number of nitrogens with two attached hydrogens (primary N) is 1. The van der Waals surface area contributed by atoms with Crippen LogP contribution in [0.1, 0.15) is 5.76 Å². The molecule has 0 spiro atoms. The first kappa shape index (κ1) is 8.36. The Morgan fingerprint density at radius 3 is 2.91 bits per heavy atom. The fraction of sp³-hybridized carbons (Fsp3) is 0.500. The average Bonchev–Trinajstić information content (AvgIpc) is 2.31. The maximum atomic E-state index is 5.71. The van der Waals surface area contributed by atoms with Gasteiger partial charge in [-0.2, -0.15) is 0 Å². The lowest BCUT2D eigenvalue weighted by atomic mass is 10.3. The van der Waals surface area contributed by atoms with Gasteiger partial charge in [-0.25, -0.2) is 0 Å². The number of hydrogen-bond acceptors (Lipinski definition) is 4. The Morgan fingerprint density at radius 1 is 1.73 bits per heavy atom. The van der Waals surface area contributed by atoms with E-state index in [1.165, 1.54) is 0 Å². The molecule has 0 atom stereocenters. The quantitative estimate of drug-likeness (QED) is 0.749. The zero-order valence-corrected chi connectivity index (χ0v) is 6.89. The van der Waals surface area contributed by atoms with Crippen LogP contribution in [-0.2, 0) is 11.2 Å². The molecule has 11 heavy (non-hydrogen) atoms. The molecule has 62 valence electrons. The Morgan fingerprint density at radius 2 is 2.45 bits per heavy atom. The van der Waals surface area contributed by atoms with Gasteiger partial charge < -0.3 is 15.0 Å². The highest BCUT2D eigenvalue weighted by Gasteiger charge is 2.09. The van der Waals surface area contributed by atoms with Gasteiger partial charge in [0.25, 0.3) is 0 Å². The van der Waals surface area contributed by atoms with Crippen LogP contribution < -0.4 is 5.73 Å². The van der Waals surface area contributed by atoms with E-state index in [0.717, 1.165) is 0 Å². The Balaban J connectivity index is 2.63. The van der Waals surface area contributed by atoms with Crippen molar-refractivity contribution >= 4 is 17.4 Å². The van der Waals surface area contributed by atoms with E-state index in [1.807, 2.05) is 0 Å². The SMILES string of the molecule is COCCc1onc(N)c1Cl. The molecule has 1 rings (SSSR count). The first-order valence-electron chi connectivity index (χ1n) is 3.14. The van der Waals surface area contributed by atoms with Crippen molar-refractivity contribution in [3.05, 3.63) is 10.8 Å². The molecule has 0 bridgehead atoms. The summed E-state index contributed by atoms with van der Waals surface area (Å²) in [5, 5.41) is 3.88. The topological polar surface area (TPSA) is 61.3 Å². The van der Waals surface area contributed by atoms with E-state index in [9.17, 15) is 0 Å². The van der Waals surface area contributed by atoms with Crippen LogP contribution in [0.25, 0.3) is 0 Å². The highest BCUT2D eigenvalue weighted by molar-refractivity contribution is 6.33. The summed E-state index contributed by atoms with van der Waals surface area (Å²) in [6.45, 7) is 0.550. The van der Waals surface area contributed by atoms with Crippen LogP contribution in [-0.4, -0.2) is 18.9 Å². The molecule has 0 radical (unpaired) electrons. The van der Waals surface area contributed by atoms with Crippen molar-refractivity contribution in [1.82, 2.24) is 5.16 Å². The number of rotatable bonds is 3. The maximum absolute atomic E-state index is 5.71. The summed E-state index contributed by atoms with van der Waals surface area (Å²) in [7, 11) is 1.60. The largest absolute Gasteiger partial charge is 0.384 e. The van der Waals surface area contributed by atoms with E-state index >= 15 is 0 Å². The molecule has 4 nitrogen and oxygen atoms in total. The summed E-state index contributed by atoms with van der Waals surface area (Å²) in [6, 6.07) is 0. The number of nitrogen functional groups attached to an aromatic ring is 1. The van der Waals surface area contributed by atoms with Gasteiger partial charge in [0.05, 0.1) is 6.61 Å². The minimum Gasteiger partial charge on any atom is -0.384 e. The molecule has 2 N–H and O–H groups in total. The molecule has 0 fully saturated rings. The Kier molecular flexibility index (Phi) is 2.73. The molecular formula is C6H9ClN2O2. The lowest BCUT2D eigenvalue weighted by Gasteiger charge is -1.93. The zero-order valence-electron chi connectivity index (χ0n) is 6.13. The summed E-state index contributed by atoms with van der Waals surface area (Å²) in [5.41, 5.74) is 5.33. The van der Waals surface area contributed by atoms with Gasteiger partial charge in [-0.15, -0.1) is 0 Å². The number of aromatic nitrogens is 1. The summed E-state index contributed by atoms with van der Waals surface area (Å²) >= 11 is 5.71. The van der Waals surface area contributed by atoms with Crippen molar-refractivity contribution in [2.75, 3.05) is 19.5 Å². The fourth-order valence-electron chi connectivity index (χ4n) is 0.677. The molecule has 0 unspecified atom stereocenters. The fourth-order valence-corrected chi connectivity index (χ4v) is 0.841. The molecule has 1 aromatic heterocycles. The van der Waals surface area contributed by atoms with Crippen LogP contribution in [0.15, 0.2) is 4.52 Å². The lowest BCUT2D eigenvalue weighted by molar-refractivity contribution is 0.193. The van der Waals surface area contributed by atoms with Gasteiger partial charge in [-0.3, -0.25) is 0 Å². The third kappa shape index (κ3) is 1.85. The van der Waals surface area contributed by atoms with Gasteiger partial charge in [-0.1, -0.05) is 16.8 Å². The standard InChI is InChI=1S/C6H9ClN2O2/c1-10-3-2-4-5(7)6(8)9-11-4/h2-3H2,1H3,(H2,8,9). The zero-order chi connectivity index (χ0) is 8.27. The summed E-state index contributed by atoms with van der Waals surface area (Å²) in [4.78, 5) is 0.